The van der Waals surface area contributed by atoms with Crippen LogP contribution in [0.2, 0.25) is 0 Å². The number of aromatic nitrogens is 9. The van der Waals surface area contributed by atoms with Crippen molar-refractivity contribution in [1.82, 2.24) is 44.9 Å². The molecule has 0 radical (unpaired) electrons. The molecule has 0 fully saturated rings. The smallest absolute Gasteiger partial charge is 0.164 e. The highest BCUT2D eigenvalue weighted by molar-refractivity contribution is 5.79. The molecule has 0 amide bonds. The quantitative estimate of drug-likeness (QED) is 0.156. The maximum absolute atomic E-state index is 5.21. The molecule has 60 heavy (non-hydrogen) atoms. The van der Waals surface area contributed by atoms with Gasteiger partial charge in [0.15, 0.2) is 34.9 Å². The minimum absolute atomic E-state index is 0.263. The average Bonchev–Trinajstić information content (AvgIpc) is 3.26. The molecule has 0 saturated carbocycles. The summed E-state index contributed by atoms with van der Waals surface area (Å²) < 4.78 is 0. The Labute approximate surface area is 352 Å². The monoisotopic (exact) mass is 787 g/mol. The zero-order chi connectivity index (χ0) is 42.2. The van der Waals surface area contributed by atoms with Crippen LogP contribution in [0, 0.1) is 0 Å². The first-order valence-corrected chi connectivity index (χ1v) is 20.3. The first-order valence-electron chi connectivity index (χ1n) is 20.3. The molecule has 3 heterocycles. The lowest BCUT2D eigenvalue weighted by Gasteiger charge is -2.22. The van der Waals surface area contributed by atoms with Crippen molar-refractivity contribution in [3.05, 3.63) is 151 Å². The minimum Gasteiger partial charge on any atom is -0.217 e. The van der Waals surface area contributed by atoms with Gasteiger partial charge < -0.3 is 0 Å². The Morgan fingerprint density at radius 3 is 0.900 bits per heavy atom. The summed E-state index contributed by atoms with van der Waals surface area (Å²) in [6, 6.07) is 44.8. The van der Waals surface area contributed by atoms with E-state index < -0.39 is 0 Å². The van der Waals surface area contributed by atoms with Crippen molar-refractivity contribution in [2.45, 2.75) is 78.6 Å². The summed E-state index contributed by atoms with van der Waals surface area (Å²) in [5, 5.41) is 0. The molecular weight excluding hydrogens is 739 g/mol. The highest BCUT2D eigenvalue weighted by Crippen LogP contribution is 2.35. The Hall–Kier alpha value is -6.87. The van der Waals surface area contributed by atoms with E-state index in [1.165, 1.54) is 0 Å². The van der Waals surface area contributed by atoms with Crippen LogP contribution in [0.25, 0.3) is 79.5 Å². The van der Waals surface area contributed by atoms with Crippen molar-refractivity contribution in [3.63, 3.8) is 0 Å². The van der Waals surface area contributed by atoms with E-state index in [1.54, 1.807) is 0 Å². The summed E-state index contributed by atoms with van der Waals surface area (Å²) in [5.74, 6) is 5.60. The Morgan fingerprint density at radius 1 is 0.233 bits per heavy atom. The van der Waals surface area contributed by atoms with E-state index in [0.29, 0.717) is 40.8 Å². The molecule has 0 unspecified atom stereocenters. The lowest BCUT2D eigenvalue weighted by molar-refractivity contribution is 0.497. The van der Waals surface area contributed by atoms with E-state index in [-0.39, 0.29) is 16.2 Å². The van der Waals surface area contributed by atoms with E-state index in [4.69, 9.17) is 44.9 Å². The second-order valence-electron chi connectivity index (χ2n) is 18.1. The molecule has 3 aromatic heterocycles. The molecule has 5 aromatic carbocycles. The van der Waals surface area contributed by atoms with Gasteiger partial charge in [0.05, 0.1) is 0 Å². The normalized spacial score (nSPS) is 12.1. The van der Waals surface area contributed by atoms with Gasteiger partial charge in [0.1, 0.15) is 17.5 Å². The molecule has 8 rings (SSSR count). The van der Waals surface area contributed by atoms with Crippen LogP contribution in [0.1, 0.15) is 79.8 Å². The molecular formula is C51H49N9. The maximum Gasteiger partial charge on any atom is 0.164 e. The van der Waals surface area contributed by atoms with Crippen molar-refractivity contribution in [2.75, 3.05) is 0 Å². The van der Waals surface area contributed by atoms with Gasteiger partial charge in [0.25, 0.3) is 0 Å². The number of hydrogen-bond donors (Lipinski definition) is 0. The van der Waals surface area contributed by atoms with Gasteiger partial charge in [-0.05, 0) is 35.4 Å². The molecule has 0 aliphatic carbocycles. The largest absolute Gasteiger partial charge is 0.217 e. The lowest BCUT2D eigenvalue weighted by atomic mass is 9.93. The zero-order valence-corrected chi connectivity index (χ0v) is 35.7. The van der Waals surface area contributed by atoms with E-state index in [2.05, 4.69) is 98.7 Å². The predicted molar refractivity (Wildman–Crippen MR) is 241 cm³/mol. The summed E-state index contributed by atoms with van der Waals surface area (Å²) in [6.07, 6.45) is 0. The topological polar surface area (TPSA) is 116 Å². The highest BCUT2D eigenvalue weighted by Gasteiger charge is 2.26. The zero-order valence-electron chi connectivity index (χ0n) is 35.7. The van der Waals surface area contributed by atoms with Crippen molar-refractivity contribution in [2.24, 2.45) is 0 Å². The van der Waals surface area contributed by atoms with Crippen molar-refractivity contribution in [3.8, 4) is 79.5 Å². The van der Waals surface area contributed by atoms with Gasteiger partial charge in [-0.15, -0.1) is 0 Å². The van der Waals surface area contributed by atoms with Crippen LogP contribution >= 0.6 is 0 Å². The predicted octanol–water partition coefficient (Wildman–Crippen LogP) is 11.8. The van der Waals surface area contributed by atoms with Crippen LogP contribution in [-0.4, -0.2) is 44.9 Å². The Balaban J connectivity index is 1.31. The third-order valence-electron chi connectivity index (χ3n) is 9.92. The van der Waals surface area contributed by atoms with Crippen LogP contribution in [0.4, 0.5) is 0 Å². The van der Waals surface area contributed by atoms with Crippen LogP contribution in [0.5, 0.6) is 0 Å². The maximum atomic E-state index is 5.21. The first-order chi connectivity index (χ1) is 28.6. The average molecular weight is 788 g/mol. The summed E-state index contributed by atoms with van der Waals surface area (Å²) in [5.41, 5.74) is 6.21. The Bertz CT molecular complexity index is 2710. The third kappa shape index (κ3) is 8.76. The standard InChI is InChI=1S/C51H49N9/c1-49(2,3)46-56-42(35-26-19-27-36(28-35)43-57-47(50(4,5)6)60-48(58-43)51(7,8)9)55-45(59-46)39-30-37(32-20-13-10-14-21-32)29-38(31-39)44-53-40(33-22-15-11-16-23-33)52-41(54-44)34-24-17-12-18-25-34/h10-31H,1-9H3. The number of benzene rings is 5. The van der Waals surface area contributed by atoms with E-state index >= 15 is 0 Å². The van der Waals surface area contributed by atoms with Crippen LogP contribution in [-0.2, 0) is 16.2 Å². The van der Waals surface area contributed by atoms with Gasteiger partial charge >= 0.3 is 0 Å². The second kappa shape index (κ2) is 15.7. The molecule has 0 saturated heterocycles. The molecule has 0 bridgehead atoms. The van der Waals surface area contributed by atoms with Gasteiger partial charge in [0, 0.05) is 49.6 Å². The summed E-state index contributed by atoms with van der Waals surface area (Å²) in [4.78, 5) is 45.4. The molecule has 8 aromatic rings. The number of nitrogens with zero attached hydrogens (tertiary/aromatic N) is 9. The van der Waals surface area contributed by atoms with Crippen molar-refractivity contribution >= 4 is 0 Å². The van der Waals surface area contributed by atoms with Crippen molar-refractivity contribution in [1.29, 1.82) is 0 Å². The lowest BCUT2D eigenvalue weighted by Crippen LogP contribution is -2.24. The van der Waals surface area contributed by atoms with Gasteiger partial charge in [-0.2, -0.15) is 0 Å². The Morgan fingerprint density at radius 2 is 0.500 bits per heavy atom. The van der Waals surface area contributed by atoms with Crippen LogP contribution < -0.4 is 0 Å². The number of hydrogen-bond acceptors (Lipinski definition) is 9. The summed E-state index contributed by atoms with van der Waals surface area (Å²) in [6.45, 7) is 19.1. The fourth-order valence-corrected chi connectivity index (χ4v) is 6.56. The molecule has 0 N–H and O–H groups in total. The van der Waals surface area contributed by atoms with Crippen LogP contribution in [0.15, 0.2) is 133 Å². The van der Waals surface area contributed by atoms with E-state index in [1.807, 2.05) is 97.1 Å². The van der Waals surface area contributed by atoms with Crippen molar-refractivity contribution < 1.29 is 0 Å². The third-order valence-corrected chi connectivity index (χ3v) is 9.92. The number of rotatable bonds is 7. The van der Waals surface area contributed by atoms with Gasteiger partial charge in [0.2, 0.25) is 0 Å². The van der Waals surface area contributed by atoms with E-state index in [9.17, 15) is 0 Å². The highest BCUT2D eigenvalue weighted by atomic mass is 15.1. The molecule has 298 valence electrons. The molecule has 0 aliphatic heterocycles. The molecule has 0 spiro atoms. The SMILES string of the molecule is CC(C)(C)c1nc(-c2cc(-c3ccccc3)cc(-c3nc(-c4ccccc4)nc(-c4ccccc4)n3)c2)nc(-c2cccc(-c3nc(C(C)(C)C)nc(C(C)(C)C)n3)c2)n1. The fraction of sp³-hybridized carbons (Fsp3) is 0.235. The minimum atomic E-state index is -0.384. The molecule has 0 atom stereocenters. The first kappa shape index (κ1) is 39.9. The summed E-state index contributed by atoms with van der Waals surface area (Å²) in [7, 11) is 0. The van der Waals surface area contributed by atoms with Gasteiger partial charge in [-0.25, -0.2) is 44.9 Å². The van der Waals surface area contributed by atoms with Crippen LogP contribution in [0.3, 0.4) is 0 Å². The molecule has 0 aliphatic rings. The molecule has 9 nitrogen and oxygen atoms in total. The second-order valence-corrected chi connectivity index (χ2v) is 18.1. The fourth-order valence-electron chi connectivity index (χ4n) is 6.56. The van der Waals surface area contributed by atoms with Gasteiger partial charge in [-0.1, -0.05) is 172 Å². The Kier molecular flexibility index (Phi) is 10.5. The summed E-state index contributed by atoms with van der Waals surface area (Å²) >= 11 is 0. The molecule has 9 heteroatoms. The van der Waals surface area contributed by atoms with E-state index in [0.717, 1.165) is 56.2 Å². The van der Waals surface area contributed by atoms with Gasteiger partial charge in [-0.3, -0.25) is 0 Å².